The van der Waals surface area contributed by atoms with Gasteiger partial charge in [0, 0.05) is 13.6 Å². The first kappa shape index (κ1) is 12.4. The molecular formula is C12H18N2O2. The molecule has 0 atom stereocenters. The molecule has 0 aliphatic carbocycles. The third-order valence-electron chi connectivity index (χ3n) is 2.39. The average Bonchev–Trinajstić information content (AvgIpc) is 2.29. The number of rotatable bonds is 4. The van der Waals surface area contributed by atoms with Crippen molar-refractivity contribution in [1.82, 2.24) is 10.6 Å². The normalized spacial score (nSPS) is 9.69. The Bertz CT molecular complexity index is 364. The van der Waals surface area contributed by atoms with Gasteiger partial charge in [-0.15, -0.1) is 0 Å². The number of methoxy groups -OCH3 is 1. The Hall–Kier alpha value is -1.71. The smallest absolute Gasteiger partial charge is 0.314 e. The maximum absolute atomic E-state index is 10.9. The van der Waals surface area contributed by atoms with Crippen LogP contribution in [-0.4, -0.2) is 26.7 Å². The molecule has 0 aliphatic heterocycles. The number of aryl methyl sites for hydroxylation is 1. The van der Waals surface area contributed by atoms with E-state index in [2.05, 4.69) is 16.7 Å². The number of carbonyl (C=O) groups is 1. The molecule has 0 fully saturated rings. The summed E-state index contributed by atoms with van der Waals surface area (Å²) in [5.41, 5.74) is 2.30. The van der Waals surface area contributed by atoms with Gasteiger partial charge in [-0.3, -0.25) is 0 Å². The first-order valence-corrected chi connectivity index (χ1v) is 5.26. The molecule has 4 heteroatoms. The van der Waals surface area contributed by atoms with Gasteiger partial charge in [0.2, 0.25) is 0 Å². The lowest BCUT2D eigenvalue weighted by Crippen LogP contribution is -2.33. The Kier molecular flexibility index (Phi) is 4.64. The Morgan fingerprint density at radius 1 is 1.44 bits per heavy atom. The zero-order valence-corrected chi connectivity index (χ0v) is 9.96. The van der Waals surface area contributed by atoms with E-state index >= 15 is 0 Å². The molecular weight excluding hydrogens is 204 g/mol. The number of hydrogen-bond acceptors (Lipinski definition) is 2. The maximum Gasteiger partial charge on any atom is 0.314 e. The van der Waals surface area contributed by atoms with E-state index in [4.69, 9.17) is 4.74 Å². The molecule has 0 saturated heterocycles. The summed E-state index contributed by atoms with van der Waals surface area (Å²) in [6, 6.07) is 5.89. The molecule has 4 nitrogen and oxygen atoms in total. The lowest BCUT2D eigenvalue weighted by Gasteiger charge is -2.08. The van der Waals surface area contributed by atoms with Crippen molar-refractivity contribution >= 4 is 6.03 Å². The number of carbonyl (C=O) groups excluding carboxylic acids is 1. The van der Waals surface area contributed by atoms with Crippen LogP contribution in [0.25, 0.3) is 0 Å². The molecule has 0 bridgehead atoms. The van der Waals surface area contributed by atoms with Gasteiger partial charge < -0.3 is 15.4 Å². The van der Waals surface area contributed by atoms with Gasteiger partial charge in [-0.05, 0) is 30.5 Å². The monoisotopic (exact) mass is 222 g/mol. The lowest BCUT2D eigenvalue weighted by molar-refractivity contribution is 0.243. The number of ether oxygens (including phenoxy) is 1. The van der Waals surface area contributed by atoms with Gasteiger partial charge >= 0.3 is 6.03 Å². The fourth-order valence-corrected chi connectivity index (χ4v) is 1.50. The first-order chi connectivity index (χ1) is 7.67. The molecule has 0 heterocycles. The summed E-state index contributed by atoms with van der Waals surface area (Å²) in [4.78, 5) is 10.9. The Morgan fingerprint density at radius 3 is 2.75 bits per heavy atom. The van der Waals surface area contributed by atoms with Crippen molar-refractivity contribution in [2.75, 3.05) is 20.7 Å². The van der Waals surface area contributed by atoms with Crippen molar-refractivity contribution in [3.63, 3.8) is 0 Å². The van der Waals surface area contributed by atoms with Crippen LogP contribution in [-0.2, 0) is 6.42 Å². The zero-order valence-electron chi connectivity index (χ0n) is 9.96. The van der Waals surface area contributed by atoms with Gasteiger partial charge in [0.1, 0.15) is 5.75 Å². The van der Waals surface area contributed by atoms with E-state index in [-0.39, 0.29) is 6.03 Å². The second-order valence-corrected chi connectivity index (χ2v) is 3.56. The van der Waals surface area contributed by atoms with Gasteiger partial charge in [-0.2, -0.15) is 0 Å². The fraction of sp³-hybridized carbons (Fsp3) is 0.417. The molecule has 1 aromatic rings. The van der Waals surface area contributed by atoms with E-state index in [9.17, 15) is 4.79 Å². The Balaban J connectivity index is 2.49. The molecule has 1 rings (SSSR count). The molecule has 0 aromatic heterocycles. The van der Waals surface area contributed by atoms with Gasteiger partial charge in [-0.1, -0.05) is 12.1 Å². The largest absolute Gasteiger partial charge is 0.496 e. The average molecular weight is 222 g/mol. The van der Waals surface area contributed by atoms with Crippen LogP contribution in [0.1, 0.15) is 11.1 Å². The topological polar surface area (TPSA) is 50.4 Å². The van der Waals surface area contributed by atoms with Crippen molar-refractivity contribution in [2.24, 2.45) is 0 Å². The van der Waals surface area contributed by atoms with Gasteiger partial charge in [0.15, 0.2) is 0 Å². The van der Waals surface area contributed by atoms with Crippen molar-refractivity contribution in [3.05, 3.63) is 29.3 Å². The quantitative estimate of drug-likeness (QED) is 0.810. The fourth-order valence-electron chi connectivity index (χ4n) is 1.50. The van der Waals surface area contributed by atoms with Gasteiger partial charge in [-0.25, -0.2) is 4.79 Å². The molecule has 0 aliphatic rings. The summed E-state index contributed by atoms with van der Waals surface area (Å²) in [6.45, 7) is 2.64. The summed E-state index contributed by atoms with van der Waals surface area (Å²) < 4.78 is 5.18. The van der Waals surface area contributed by atoms with Crippen molar-refractivity contribution in [1.29, 1.82) is 0 Å². The predicted octanol–water partition coefficient (Wildman–Crippen LogP) is 1.48. The van der Waals surface area contributed by atoms with E-state index < -0.39 is 0 Å². The summed E-state index contributed by atoms with van der Waals surface area (Å²) >= 11 is 0. The third-order valence-corrected chi connectivity index (χ3v) is 2.39. The second kappa shape index (κ2) is 6.00. The Labute approximate surface area is 96.0 Å². The van der Waals surface area contributed by atoms with Crippen LogP contribution >= 0.6 is 0 Å². The van der Waals surface area contributed by atoms with Crippen LogP contribution in [0.2, 0.25) is 0 Å². The Morgan fingerprint density at radius 2 is 2.19 bits per heavy atom. The third kappa shape index (κ3) is 3.46. The van der Waals surface area contributed by atoms with Crippen molar-refractivity contribution in [2.45, 2.75) is 13.3 Å². The predicted molar refractivity (Wildman–Crippen MR) is 63.9 cm³/mol. The molecule has 1 aromatic carbocycles. The number of hydrogen-bond donors (Lipinski definition) is 2. The summed E-state index contributed by atoms with van der Waals surface area (Å²) in [5.74, 6) is 0.892. The van der Waals surface area contributed by atoms with E-state index in [1.807, 2.05) is 19.1 Å². The second-order valence-electron chi connectivity index (χ2n) is 3.56. The maximum atomic E-state index is 10.9. The zero-order chi connectivity index (χ0) is 12.0. The summed E-state index contributed by atoms with van der Waals surface area (Å²) in [6.07, 6.45) is 0.818. The van der Waals surface area contributed by atoms with Gasteiger partial charge in [0.05, 0.1) is 7.11 Å². The van der Waals surface area contributed by atoms with Crippen LogP contribution in [0.15, 0.2) is 18.2 Å². The highest BCUT2D eigenvalue weighted by Crippen LogP contribution is 2.18. The van der Waals surface area contributed by atoms with Crippen LogP contribution in [0.4, 0.5) is 4.79 Å². The number of amides is 2. The summed E-state index contributed by atoms with van der Waals surface area (Å²) in [7, 11) is 3.27. The highest BCUT2D eigenvalue weighted by molar-refractivity contribution is 5.73. The molecule has 2 amide bonds. The van der Waals surface area contributed by atoms with Gasteiger partial charge in [0.25, 0.3) is 0 Å². The van der Waals surface area contributed by atoms with Crippen molar-refractivity contribution < 1.29 is 9.53 Å². The van der Waals surface area contributed by atoms with Crippen molar-refractivity contribution in [3.8, 4) is 5.75 Å². The van der Waals surface area contributed by atoms with Crippen LogP contribution in [0, 0.1) is 6.92 Å². The molecule has 16 heavy (non-hydrogen) atoms. The highest BCUT2D eigenvalue weighted by atomic mass is 16.5. The molecule has 0 spiro atoms. The van der Waals surface area contributed by atoms with Crippen LogP contribution in [0.5, 0.6) is 5.75 Å². The number of urea groups is 1. The first-order valence-electron chi connectivity index (χ1n) is 5.26. The molecule has 0 radical (unpaired) electrons. The van der Waals surface area contributed by atoms with E-state index in [1.54, 1.807) is 14.2 Å². The van der Waals surface area contributed by atoms with Crippen LogP contribution in [0.3, 0.4) is 0 Å². The number of nitrogens with one attached hydrogen (secondary N) is 2. The van der Waals surface area contributed by atoms with Crippen LogP contribution < -0.4 is 15.4 Å². The standard InChI is InChI=1S/C12H18N2O2/c1-9-8-10(4-5-11(9)16-3)6-7-14-12(15)13-2/h4-5,8H,6-7H2,1-3H3,(H2,13,14,15). The lowest BCUT2D eigenvalue weighted by atomic mass is 10.1. The van der Waals surface area contributed by atoms with E-state index in [0.717, 1.165) is 17.7 Å². The molecule has 0 saturated carbocycles. The molecule has 2 N–H and O–H groups in total. The SMILES string of the molecule is CNC(=O)NCCc1ccc(OC)c(C)c1. The summed E-state index contributed by atoms with van der Waals surface area (Å²) in [5, 5.41) is 5.26. The minimum absolute atomic E-state index is 0.148. The highest BCUT2D eigenvalue weighted by Gasteiger charge is 2.00. The molecule has 88 valence electrons. The number of benzene rings is 1. The minimum atomic E-state index is -0.148. The minimum Gasteiger partial charge on any atom is -0.496 e. The van der Waals surface area contributed by atoms with E-state index in [0.29, 0.717) is 6.54 Å². The molecule has 0 unspecified atom stereocenters. The van der Waals surface area contributed by atoms with E-state index in [1.165, 1.54) is 5.56 Å².